The number of aryl methyl sites for hydroxylation is 1. The second kappa shape index (κ2) is 4.17. The van der Waals surface area contributed by atoms with Crippen LogP contribution in [0.25, 0.3) is 28.1 Å². The molecule has 2 heterocycles. The molecule has 0 atom stereocenters. The van der Waals surface area contributed by atoms with E-state index in [2.05, 4.69) is 47.2 Å². The van der Waals surface area contributed by atoms with E-state index >= 15 is 0 Å². The molecule has 0 amide bonds. The number of imidazole rings is 1. The van der Waals surface area contributed by atoms with Crippen LogP contribution < -0.4 is 0 Å². The molecule has 0 radical (unpaired) electrons. The summed E-state index contributed by atoms with van der Waals surface area (Å²) < 4.78 is 2.02. The molecule has 0 N–H and O–H groups in total. The normalized spacial score (nSPS) is 11.2. The molecule has 3 nitrogen and oxygen atoms in total. The van der Waals surface area contributed by atoms with E-state index in [-0.39, 0.29) is 0 Å². The zero-order valence-electron chi connectivity index (χ0n) is 11.1. The molecule has 20 heavy (non-hydrogen) atoms. The van der Waals surface area contributed by atoms with Crippen molar-refractivity contribution in [1.29, 1.82) is 0 Å². The van der Waals surface area contributed by atoms with E-state index in [1.54, 1.807) is 0 Å². The maximum Gasteiger partial charge on any atom is 0.235 e. The van der Waals surface area contributed by atoms with E-state index < -0.39 is 0 Å². The van der Waals surface area contributed by atoms with Crippen LogP contribution in [-0.4, -0.2) is 14.4 Å². The number of hydrogen-bond donors (Lipinski definition) is 0. The van der Waals surface area contributed by atoms with Crippen molar-refractivity contribution in [2.75, 3.05) is 0 Å². The van der Waals surface area contributed by atoms with Crippen LogP contribution in [0.2, 0.25) is 0 Å². The van der Waals surface area contributed by atoms with Gasteiger partial charge in [-0.2, -0.15) is 0 Å². The molecule has 0 aliphatic heterocycles. The number of fused-ring (bicyclic) bond motifs is 3. The first kappa shape index (κ1) is 11.2. The molecular weight excluding hydrogens is 246 g/mol. The summed E-state index contributed by atoms with van der Waals surface area (Å²) in [5.74, 6) is 0.740. The molecule has 0 saturated heterocycles. The van der Waals surface area contributed by atoms with Crippen molar-refractivity contribution in [1.82, 2.24) is 14.4 Å². The highest BCUT2D eigenvalue weighted by Crippen LogP contribution is 2.20. The van der Waals surface area contributed by atoms with Crippen LogP contribution in [0.1, 0.15) is 5.56 Å². The summed E-state index contributed by atoms with van der Waals surface area (Å²) in [5, 5.41) is 0. The molecular formula is C17H13N3. The van der Waals surface area contributed by atoms with Gasteiger partial charge in [-0.15, -0.1) is 0 Å². The van der Waals surface area contributed by atoms with Crippen LogP contribution in [0.5, 0.6) is 0 Å². The van der Waals surface area contributed by atoms with Crippen LogP contribution in [0, 0.1) is 6.92 Å². The molecule has 96 valence electrons. The Labute approximate surface area is 116 Å². The molecule has 2 aromatic carbocycles. The van der Waals surface area contributed by atoms with Gasteiger partial charge in [0, 0.05) is 11.8 Å². The highest BCUT2D eigenvalue weighted by molar-refractivity contribution is 5.79. The van der Waals surface area contributed by atoms with E-state index in [0.29, 0.717) is 0 Å². The molecule has 4 aromatic rings. The van der Waals surface area contributed by atoms with Gasteiger partial charge in [0.1, 0.15) is 0 Å². The molecule has 0 bridgehead atoms. The van der Waals surface area contributed by atoms with Crippen molar-refractivity contribution in [3.63, 3.8) is 0 Å². The lowest BCUT2D eigenvalue weighted by Crippen LogP contribution is -1.91. The predicted molar refractivity (Wildman–Crippen MR) is 80.7 cm³/mol. The Morgan fingerprint density at radius 2 is 1.65 bits per heavy atom. The van der Waals surface area contributed by atoms with Crippen LogP contribution in [-0.2, 0) is 0 Å². The SMILES string of the molecule is Cc1ccc(-c2ccn3c(n2)nc2ccccc23)cc1. The van der Waals surface area contributed by atoms with Crippen LogP contribution >= 0.6 is 0 Å². The zero-order valence-corrected chi connectivity index (χ0v) is 11.1. The Kier molecular flexibility index (Phi) is 2.33. The monoisotopic (exact) mass is 259 g/mol. The lowest BCUT2D eigenvalue weighted by molar-refractivity contribution is 1.14. The average molecular weight is 259 g/mol. The van der Waals surface area contributed by atoms with Crippen molar-refractivity contribution >= 4 is 16.8 Å². The Morgan fingerprint density at radius 3 is 2.50 bits per heavy atom. The van der Waals surface area contributed by atoms with Crippen LogP contribution in [0.15, 0.2) is 60.8 Å². The minimum Gasteiger partial charge on any atom is -0.284 e. The highest BCUT2D eigenvalue weighted by Gasteiger charge is 2.06. The van der Waals surface area contributed by atoms with Gasteiger partial charge in [-0.1, -0.05) is 42.0 Å². The molecule has 0 aliphatic rings. The molecule has 4 rings (SSSR count). The Hall–Kier alpha value is -2.68. The number of aromatic nitrogens is 3. The molecule has 0 spiro atoms. The maximum atomic E-state index is 4.66. The summed E-state index contributed by atoms with van der Waals surface area (Å²) in [6.45, 7) is 2.09. The van der Waals surface area contributed by atoms with Crippen molar-refractivity contribution in [3.8, 4) is 11.3 Å². The van der Waals surface area contributed by atoms with Gasteiger partial charge in [0.15, 0.2) is 0 Å². The van der Waals surface area contributed by atoms with Gasteiger partial charge < -0.3 is 0 Å². The Morgan fingerprint density at radius 1 is 0.850 bits per heavy atom. The Balaban J connectivity index is 1.94. The predicted octanol–water partition coefficient (Wildman–Crippen LogP) is 3.86. The summed E-state index contributed by atoms with van der Waals surface area (Å²) in [6.07, 6.45) is 2.03. The summed E-state index contributed by atoms with van der Waals surface area (Å²) >= 11 is 0. The third-order valence-electron chi connectivity index (χ3n) is 3.53. The van der Waals surface area contributed by atoms with E-state index in [1.165, 1.54) is 5.56 Å². The second-order valence-corrected chi connectivity index (χ2v) is 4.95. The minimum atomic E-state index is 0.740. The first-order valence-electron chi connectivity index (χ1n) is 6.62. The smallest absolute Gasteiger partial charge is 0.235 e. The lowest BCUT2D eigenvalue weighted by Gasteiger charge is -2.02. The van der Waals surface area contributed by atoms with Crippen molar-refractivity contribution in [2.24, 2.45) is 0 Å². The number of hydrogen-bond acceptors (Lipinski definition) is 2. The van der Waals surface area contributed by atoms with Crippen molar-refractivity contribution in [2.45, 2.75) is 6.92 Å². The van der Waals surface area contributed by atoms with Gasteiger partial charge >= 0.3 is 0 Å². The van der Waals surface area contributed by atoms with Gasteiger partial charge in [-0.3, -0.25) is 4.40 Å². The second-order valence-electron chi connectivity index (χ2n) is 4.95. The summed E-state index contributed by atoms with van der Waals surface area (Å²) in [5.41, 5.74) is 5.38. The standard InChI is InChI=1S/C17H13N3/c1-12-6-8-13(9-7-12)14-10-11-20-16-5-3-2-4-15(16)19-17(20)18-14/h2-11H,1H3. The number of benzene rings is 2. The molecule has 2 aromatic heterocycles. The summed E-state index contributed by atoms with van der Waals surface area (Å²) in [7, 11) is 0. The quantitative estimate of drug-likeness (QED) is 0.519. The van der Waals surface area contributed by atoms with Crippen molar-refractivity contribution < 1.29 is 0 Å². The Bertz CT molecular complexity index is 904. The molecule has 3 heteroatoms. The van der Waals surface area contributed by atoms with Gasteiger partial charge in [-0.25, -0.2) is 9.97 Å². The molecule has 0 saturated carbocycles. The highest BCUT2D eigenvalue weighted by atomic mass is 15.1. The largest absolute Gasteiger partial charge is 0.284 e. The number of nitrogens with zero attached hydrogens (tertiary/aromatic N) is 3. The van der Waals surface area contributed by atoms with Crippen molar-refractivity contribution in [3.05, 3.63) is 66.4 Å². The topological polar surface area (TPSA) is 30.2 Å². The molecule has 0 fully saturated rings. The van der Waals surface area contributed by atoms with Gasteiger partial charge in [0.05, 0.1) is 16.7 Å². The summed E-state index contributed by atoms with van der Waals surface area (Å²) in [6, 6.07) is 18.5. The third-order valence-corrected chi connectivity index (χ3v) is 3.53. The first-order chi connectivity index (χ1) is 9.81. The first-order valence-corrected chi connectivity index (χ1v) is 6.62. The van der Waals surface area contributed by atoms with Gasteiger partial charge in [0.25, 0.3) is 0 Å². The minimum absolute atomic E-state index is 0.740. The average Bonchev–Trinajstić information content (AvgIpc) is 2.85. The van der Waals surface area contributed by atoms with E-state index in [1.807, 2.05) is 34.9 Å². The lowest BCUT2D eigenvalue weighted by atomic mass is 10.1. The van der Waals surface area contributed by atoms with E-state index in [9.17, 15) is 0 Å². The zero-order chi connectivity index (χ0) is 13.5. The van der Waals surface area contributed by atoms with E-state index in [4.69, 9.17) is 0 Å². The van der Waals surface area contributed by atoms with E-state index in [0.717, 1.165) is 28.1 Å². The van der Waals surface area contributed by atoms with Crippen LogP contribution in [0.4, 0.5) is 0 Å². The van der Waals surface area contributed by atoms with Gasteiger partial charge in [-0.05, 0) is 25.1 Å². The van der Waals surface area contributed by atoms with Gasteiger partial charge in [0.2, 0.25) is 5.78 Å². The number of rotatable bonds is 1. The van der Waals surface area contributed by atoms with Crippen LogP contribution in [0.3, 0.4) is 0 Å². The fourth-order valence-corrected chi connectivity index (χ4v) is 2.43. The fraction of sp³-hybridized carbons (Fsp3) is 0.0588. The molecule has 0 aliphatic carbocycles. The third kappa shape index (κ3) is 1.67. The molecule has 0 unspecified atom stereocenters. The maximum absolute atomic E-state index is 4.66. The summed E-state index contributed by atoms with van der Waals surface area (Å²) in [4.78, 5) is 9.23. The fourth-order valence-electron chi connectivity index (χ4n) is 2.43. The number of para-hydroxylation sites is 2.